The summed E-state index contributed by atoms with van der Waals surface area (Å²) in [5.74, 6) is 1.34. The monoisotopic (exact) mass is 277 g/mol. The van der Waals surface area contributed by atoms with E-state index in [1.807, 2.05) is 4.90 Å². The second kappa shape index (κ2) is 6.07. The van der Waals surface area contributed by atoms with Crippen molar-refractivity contribution in [2.45, 2.75) is 33.2 Å². The number of nitrogens with one attached hydrogen (secondary N) is 1. The van der Waals surface area contributed by atoms with E-state index >= 15 is 0 Å². The summed E-state index contributed by atoms with van der Waals surface area (Å²) in [4.78, 5) is 18.7. The third-order valence-corrected chi connectivity index (χ3v) is 3.69. The average Bonchev–Trinajstić information content (AvgIpc) is 2.41. The lowest BCUT2D eigenvalue weighted by atomic mass is 9.96. The maximum atomic E-state index is 12.4. The molecule has 2 heterocycles. The zero-order chi connectivity index (χ0) is 14.7. The molecule has 0 atom stereocenters. The van der Waals surface area contributed by atoms with E-state index in [-0.39, 0.29) is 17.3 Å². The van der Waals surface area contributed by atoms with Crippen molar-refractivity contribution in [1.29, 1.82) is 5.41 Å². The van der Waals surface area contributed by atoms with E-state index in [2.05, 4.69) is 18.8 Å². The van der Waals surface area contributed by atoms with E-state index in [1.165, 1.54) is 0 Å². The number of anilines is 1. The number of aromatic nitrogens is 2. The van der Waals surface area contributed by atoms with Gasteiger partial charge in [-0.25, -0.2) is 4.98 Å². The van der Waals surface area contributed by atoms with Crippen LogP contribution >= 0.6 is 0 Å². The molecule has 1 aromatic rings. The standard InChI is InChI=1S/C14H23N5O/c1-10(2)9-19-8-5-17-13(14(19)20)18-6-3-11(4-7-18)12(15)16/h5,8,10-11H,3-4,6-7,9H2,1-2H3,(H3,15,16). The molecule has 2 rings (SSSR count). The predicted molar refractivity (Wildman–Crippen MR) is 80.2 cm³/mol. The van der Waals surface area contributed by atoms with Crippen molar-refractivity contribution in [3.63, 3.8) is 0 Å². The van der Waals surface area contributed by atoms with Crippen LogP contribution in [0.25, 0.3) is 0 Å². The van der Waals surface area contributed by atoms with E-state index in [0.29, 0.717) is 18.3 Å². The average molecular weight is 277 g/mol. The summed E-state index contributed by atoms with van der Waals surface area (Å²) in [6.45, 7) is 6.35. The van der Waals surface area contributed by atoms with Crippen LogP contribution in [0.1, 0.15) is 26.7 Å². The fraction of sp³-hybridized carbons (Fsp3) is 0.643. The summed E-state index contributed by atoms with van der Waals surface area (Å²) in [6.07, 6.45) is 5.06. The number of piperidine rings is 1. The minimum atomic E-state index is -0.0255. The van der Waals surface area contributed by atoms with Crippen LogP contribution in [-0.4, -0.2) is 28.5 Å². The van der Waals surface area contributed by atoms with Crippen molar-refractivity contribution >= 4 is 11.7 Å². The number of amidine groups is 1. The molecule has 20 heavy (non-hydrogen) atoms. The summed E-state index contributed by atoms with van der Waals surface area (Å²) in [5, 5.41) is 7.49. The van der Waals surface area contributed by atoms with Crippen molar-refractivity contribution in [3.8, 4) is 0 Å². The molecule has 0 radical (unpaired) electrons. The number of hydrogen-bond acceptors (Lipinski definition) is 4. The topological polar surface area (TPSA) is 88.0 Å². The molecule has 1 aromatic heterocycles. The molecule has 6 nitrogen and oxygen atoms in total. The van der Waals surface area contributed by atoms with Gasteiger partial charge >= 0.3 is 0 Å². The van der Waals surface area contributed by atoms with Gasteiger partial charge in [0.2, 0.25) is 0 Å². The van der Waals surface area contributed by atoms with Gasteiger partial charge in [-0.15, -0.1) is 0 Å². The first-order chi connectivity index (χ1) is 9.49. The second-order valence-corrected chi connectivity index (χ2v) is 5.82. The second-order valence-electron chi connectivity index (χ2n) is 5.82. The molecule has 0 aliphatic carbocycles. The Kier molecular flexibility index (Phi) is 4.42. The SMILES string of the molecule is CC(C)Cn1ccnc(N2CCC(C(=N)N)CC2)c1=O. The van der Waals surface area contributed by atoms with Gasteiger partial charge in [0, 0.05) is 37.9 Å². The van der Waals surface area contributed by atoms with Crippen LogP contribution in [0, 0.1) is 17.2 Å². The highest BCUT2D eigenvalue weighted by Gasteiger charge is 2.23. The molecule has 0 amide bonds. The van der Waals surface area contributed by atoms with E-state index in [0.717, 1.165) is 25.9 Å². The zero-order valence-electron chi connectivity index (χ0n) is 12.2. The van der Waals surface area contributed by atoms with Gasteiger partial charge in [-0.05, 0) is 18.8 Å². The summed E-state index contributed by atoms with van der Waals surface area (Å²) in [7, 11) is 0. The minimum absolute atomic E-state index is 0.0255. The van der Waals surface area contributed by atoms with Crippen LogP contribution in [0.4, 0.5) is 5.82 Å². The molecule has 0 saturated carbocycles. The third-order valence-electron chi connectivity index (χ3n) is 3.69. The summed E-state index contributed by atoms with van der Waals surface area (Å²) < 4.78 is 1.73. The molecule has 6 heteroatoms. The van der Waals surface area contributed by atoms with Gasteiger partial charge in [0.25, 0.3) is 5.56 Å². The maximum absolute atomic E-state index is 12.4. The predicted octanol–water partition coefficient (Wildman–Crippen LogP) is 1.05. The summed E-state index contributed by atoms with van der Waals surface area (Å²) >= 11 is 0. The first-order valence-corrected chi connectivity index (χ1v) is 7.13. The van der Waals surface area contributed by atoms with E-state index in [9.17, 15) is 4.79 Å². The van der Waals surface area contributed by atoms with Crippen LogP contribution in [0.3, 0.4) is 0 Å². The Morgan fingerprint density at radius 1 is 1.50 bits per heavy atom. The van der Waals surface area contributed by atoms with Crippen LogP contribution < -0.4 is 16.2 Å². The van der Waals surface area contributed by atoms with Crippen molar-refractivity contribution in [2.24, 2.45) is 17.6 Å². The fourth-order valence-corrected chi connectivity index (χ4v) is 2.59. The number of rotatable bonds is 4. The zero-order valence-corrected chi connectivity index (χ0v) is 12.2. The molecule has 1 aliphatic rings. The highest BCUT2D eigenvalue weighted by molar-refractivity contribution is 5.79. The van der Waals surface area contributed by atoms with Crippen LogP contribution in [0.2, 0.25) is 0 Å². The van der Waals surface area contributed by atoms with E-state index in [1.54, 1.807) is 17.0 Å². The number of nitrogens with two attached hydrogens (primary N) is 1. The van der Waals surface area contributed by atoms with Gasteiger partial charge in [0.15, 0.2) is 5.82 Å². The summed E-state index contributed by atoms with van der Waals surface area (Å²) in [6, 6.07) is 0. The van der Waals surface area contributed by atoms with Gasteiger partial charge < -0.3 is 15.2 Å². The molecule has 0 bridgehead atoms. The highest BCUT2D eigenvalue weighted by atomic mass is 16.1. The molecular weight excluding hydrogens is 254 g/mol. The molecule has 0 spiro atoms. The molecule has 1 fully saturated rings. The Balaban J connectivity index is 2.14. The van der Waals surface area contributed by atoms with Gasteiger partial charge in [-0.2, -0.15) is 0 Å². The molecule has 1 aliphatic heterocycles. The van der Waals surface area contributed by atoms with Crippen molar-refractivity contribution in [1.82, 2.24) is 9.55 Å². The Bertz CT molecular complexity index is 529. The normalized spacial score (nSPS) is 16.6. The van der Waals surface area contributed by atoms with Gasteiger partial charge in [-0.3, -0.25) is 10.2 Å². The van der Waals surface area contributed by atoms with Crippen molar-refractivity contribution in [3.05, 3.63) is 22.7 Å². The van der Waals surface area contributed by atoms with Crippen LogP contribution in [0.5, 0.6) is 0 Å². The number of nitrogens with zero attached hydrogens (tertiary/aromatic N) is 3. The Labute approximate surface area is 119 Å². The molecule has 3 N–H and O–H groups in total. The molecular formula is C14H23N5O. The smallest absolute Gasteiger partial charge is 0.293 e. The molecule has 0 unspecified atom stereocenters. The highest BCUT2D eigenvalue weighted by Crippen LogP contribution is 2.19. The largest absolute Gasteiger partial charge is 0.387 e. The lowest BCUT2D eigenvalue weighted by Crippen LogP contribution is -2.42. The van der Waals surface area contributed by atoms with Crippen molar-refractivity contribution < 1.29 is 0 Å². The maximum Gasteiger partial charge on any atom is 0.293 e. The molecule has 1 saturated heterocycles. The lowest BCUT2D eigenvalue weighted by Gasteiger charge is -2.31. The molecule has 110 valence electrons. The van der Waals surface area contributed by atoms with Gasteiger partial charge in [0.1, 0.15) is 0 Å². The van der Waals surface area contributed by atoms with Crippen LogP contribution in [0.15, 0.2) is 17.2 Å². The quantitative estimate of drug-likeness (QED) is 0.636. The minimum Gasteiger partial charge on any atom is -0.387 e. The Morgan fingerprint density at radius 2 is 2.15 bits per heavy atom. The number of hydrogen-bond donors (Lipinski definition) is 2. The Hall–Kier alpha value is -1.85. The molecule has 0 aromatic carbocycles. The third kappa shape index (κ3) is 3.18. The lowest BCUT2D eigenvalue weighted by molar-refractivity contribution is 0.483. The van der Waals surface area contributed by atoms with Crippen molar-refractivity contribution in [2.75, 3.05) is 18.0 Å². The summed E-state index contributed by atoms with van der Waals surface area (Å²) in [5.41, 5.74) is 5.52. The van der Waals surface area contributed by atoms with Crippen LogP contribution in [-0.2, 0) is 6.54 Å². The first-order valence-electron chi connectivity index (χ1n) is 7.13. The first kappa shape index (κ1) is 14.6. The van der Waals surface area contributed by atoms with E-state index in [4.69, 9.17) is 11.1 Å². The Morgan fingerprint density at radius 3 is 2.70 bits per heavy atom. The van der Waals surface area contributed by atoms with Gasteiger partial charge in [-0.1, -0.05) is 13.8 Å². The van der Waals surface area contributed by atoms with E-state index < -0.39 is 0 Å². The van der Waals surface area contributed by atoms with Gasteiger partial charge in [0.05, 0.1) is 5.84 Å². The fourth-order valence-electron chi connectivity index (χ4n) is 2.59.